The number of aromatic nitrogens is 2. The van der Waals surface area contributed by atoms with E-state index in [-0.39, 0.29) is 0 Å². The second-order valence-electron chi connectivity index (χ2n) is 3.41. The summed E-state index contributed by atoms with van der Waals surface area (Å²) in [6.45, 7) is 9.31. The highest BCUT2D eigenvalue weighted by molar-refractivity contribution is 5.47. The molecule has 0 atom stereocenters. The quantitative estimate of drug-likeness (QED) is 0.774. The number of aryl methyl sites for hydroxylation is 1. The third kappa shape index (κ3) is 2.17. The van der Waals surface area contributed by atoms with Crippen molar-refractivity contribution in [3.05, 3.63) is 17.6 Å². The van der Waals surface area contributed by atoms with Gasteiger partial charge in [0.15, 0.2) is 0 Å². The topological polar surface area (TPSA) is 37.8 Å². The van der Waals surface area contributed by atoms with E-state index in [1.165, 1.54) is 5.56 Å². The molecule has 0 aliphatic rings. The fourth-order valence-corrected chi connectivity index (χ4v) is 1.48. The Balaban J connectivity index is 3.10. The Hall–Kier alpha value is -1.12. The third-order valence-electron chi connectivity index (χ3n) is 2.00. The standard InChI is InChI=1S/C10H17N3/c1-5-11-10-9(7(2)3)8(4)12-6-13-10/h6-7H,5H2,1-4H3,(H,11,12,13). The Morgan fingerprint density at radius 1 is 1.38 bits per heavy atom. The van der Waals surface area contributed by atoms with Crippen LogP contribution >= 0.6 is 0 Å². The summed E-state index contributed by atoms with van der Waals surface area (Å²) in [6.07, 6.45) is 1.61. The Morgan fingerprint density at radius 3 is 2.62 bits per heavy atom. The van der Waals surface area contributed by atoms with Crippen LogP contribution in [0.4, 0.5) is 5.82 Å². The molecule has 0 unspecified atom stereocenters. The maximum Gasteiger partial charge on any atom is 0.133 e. The lowest BCUT2D eigenvalue weighted by Crippen LogP contribution is -2.07. The average molecular weight is 179 g/mol. The predicted molar refractivity (Wildman–Crippen MR) is 55.0 cm³/mol. The molecule has 72 valence electrons. The molecule has 3 nitrogen and oxygen atoms in total. The van der Waals surface area contributed by atoms with Gasteiger partial charge >= 0.3 is 0 Å². The fourth-order valence-electron chi connectivity index (χ4n) is 1.48. The van der Waals surface area contributed by atoms with Gasteiger partial charge in [0, 0.05) is 17.8 Å². The Morgan fingerprint density at radius 2 is 2.08 bits per heavy atom. The Bertz CT molecular complexity index is 281. The monoisotopic (exact) mass is 179 g/mol. The van der Waals surface area contributed by atoms with Crippen molar-refractivity contribution in [3.63, 3.8) is 0 Å². The first-order chi connectivity index (χ1) is 6.16. The largest absolute Gasteiger partial charge is 0.370 e. The van der Waals surface area contributed by atoms with Gasteiger partial charge in [0.1, 0.15) is 12.1 Å². The molecule has 13 heavy (non-hydrogen) atoms. The van der Waals surface area contributed by atoms with Crippen LogP contribution in [0.1, 0.15) is 37.9 Å². The molecule has 1 N–H and O–H groups in total. The second-order valence-corrected chi connectivity index (χ2v) is 3.41. The summed E-state index contributed by atoms with van der Waals surface area (Å²) >= 11 is 0. The lowest BCUT2D eigenvalue weighted by molar-refractivity contribution is 0.829. The Kier molecular flexibility index (Phi) is 3.23. The van der Waals surface area contributed by atoms with Gasteiger partial charge in [0.05, 0.1) is 0 Å². The number of anilines is 1. The summed E-state index contributed by atoms with van der Waals surface area (Å²) in [5.41, 5.74) is 2.30. The average Bonchev–Trinajstić information content (AvgIpc) is 2.04. The van der Waals surface area contributed by atoms with Gasteiger partial charge in [-0.1, -0.05) is 13.8 Å². The summed E-state index contributed by atoms with van der Waals surface area (Å²) in [6, 6.07) is 0. The van der Waals surface area contributed by atoms with Crippen LogP contribution in [-0.2, 0) is 0 Å². The van der Waals surface area contributed by atoms with E-state index in [2.05, 4.69) is 36.1 Å². The normalized spacial score (nSPS) is 10.5. The van der Waals surface area contributed by atoms with Gasteiger partial charge in [-0.15, -0.1) is 0 Å². The molecule has 0 fully saturated rings. The third-order valence-corrected chi connectivity index (χ3v) is 2.00. The highest BCUT2D eigenvalue weighted by Crippen LogP contribution is 2.23. The molecule has 0 spiro atoms. The molecule has 0 bridgehead atoms. The van der Waals surface area contributed by atoms with E-state index in [1.54, 1.807) is 6.33 Å². The van der Waals surface area contributed by atoms with Crippen LogP contribution in [-0.4, -0.2) is 16.5 Å². The molecule has 0 aromatic carbocycles. The number of hydrogen-bond donors (Lipinski definition) is 1. The molecule has 0 saturated carbocycles. The zero-order chi connectivity index (χ0) is 9.84. The van der Waals surface area contributed by atoms with Crippen LogP contribution in [0.25, 0.3) is 0 Å². The van der Waals surface area contributed by atoms with Gasteiger partial charge in [-0.25, -0.2) is 9.97 Å². The fraction of sp³-hybridized carbons (Fsp3) is 0.600. The lowest BCUT2D eigenvalue weighted by Gasteiger charge is -2.13. The Labute approximate surface area is 79.6 Å². The number of rotatable bonds is 3. The molecular formula is C10H17N3. The first kappa shape index (κ1) is 9.96. The minimum Gasteiger partial charge on any atom is -0.370 e. The second kappa shape index (κ2) is 4.21. The van der Waals surface area contributed by atoms with Gasteiger partial charge in [-0.3, -0.25) is 0 Å². The first-order valence-electron chi connectivity index (χ1n) is 4.72. The molecular weight excluding hydrogens is 162 g/mol. The van der Waals surface area contributed by atoms with Gasteiger partial charge in [-0.05, 0) is 19.8 Å². The van der Waals surface area contributed by atoms with Crippen LogP contribution in [0, 0.1) is 6.92 Å². The van der Waals surface area contributed by atoms with Gasteiger partial charge in [-0.2, -0.15) is 0 Å². The molecule has 0 aliphatic heterocycles. The van der Waals surface area contributed by atoms with Crippen molar-refractivity contribution in [3.8, 4) is 0 Å². The minimum atomic E-state index is 0.468. The molecule has 1 aromatic heterocycles. The van der Waals surface area contributed by atoms with E-state index >= 15 is 0 Å². The van der Waals surface area contributed by atoms with Crippen LogP contribution in [0.2, 0.25) is 0 Å². The predicted octanol–water partition coefficient (Wildman–Crippen LogP) is 2.34. The van der Waals surface area contributed by atoms with Crippen molar-refractivity contribution in [1.29, 1.82) is 0 Å². The molecule has 1 rings (SSSR count). The molecule has 0 radical (unpaired) electrons. The van der Waals surface area contributed by atoms with Crippen LogP contribution in [0.5, 0.6) is 0 Å². The van der Waals surface area contributed by atoms with Crippen molar-refractivity contribution in [1.82, 2.24) is 9.97 Å². The summed E-state index contributed by atoms with van der Waals surface area (Å²) < 4.78 is 0. The summed E-state index contributed by atoms with van der Waals surface area (Å²) in [5.74, 6) is 1.44. The molecule has 3 heteroatoms. The summed E-state index contributed by atoms with van der Waals surface area (Å²) in [5, 5.41) is 3.25. The van der Waals surface area contributed by atoms with E-state index in [0.717, 1.165) is 18.1 Å². The van der Waals surface area contributed by atoms with E-state index in [1.807, 2.05) is 6.92 Å². The van der Waals surface area contributed by atoms with Gasteiger partial charge in [0.25, 0.3) is 0 Å². The zero-order valence-corrected chi connectivity index (χ0v) is 8.76. The molecule has 0 aliphatic carbocycles. The van der Waals surface area contributed by atoms with E-state index in [4.69, 9.17) is 0 Å². The SMILES string of the molecule is CCNc1ncnc(C)c1C(C)C. The number of nitrogens with zero attached hydrogens (tertiary/aromatic N) is 2. The maximum atomic E-state index is 4.23. The first-order valence-corrected chi connectivity index (χ1v) is 4.72. The lowest BCUT2D eigenvalue weighted by atomic mass is 10.0. The van der Waals surface area contributed by atoms with Crippen LogP contribution < -0.4 is 5.32 Å². The van der Waals surface area contributed by atoms with Gasteiger partial charge in [0.2, 0.25) is 0 Å². The van der Waals surface area contributed by atoms with Crippen LogP contribution in [0.3, 0.4) is 0 Å². The summed E-state index contributed by atoms with van der Waals surface area (Å²) in [7, 11) is 0. The van der Waals surface area contributed by atoms with E-state index in [9.17, 15) is 0 Å². The smallest absolute Gasteiger partial charge is 0.133 e. The van der Waals surface area contributed by atoms with Crippen LogP contribution in [0.15, 0.2) is 6.33 Å². The van der Waals surface area contributed by atoms with Crippen molar-refractivity contribution in [2.45, 2.75) is 33.6 Å². The van der Waals surface area contributed by atoms with Crippen molar-refractivity contribution < 1.29 is 0 Å². The number of hydrogen-bond acceptors (Lipinski definition) is 3. The molecule has 0 saturated heterocycles. The minimum absolute atomic E-state index is 0.468. The molecule has 1 aromatic rings. The highest BCUT2D eigenvalue weighted by Gasteiger charge is 2.10. The van der Waals surface area contributed by atoms with E-state index in [0.29, 0.717) is 5.92 Å². The molecule has 1 heterocycles. The maximum absolute atomic E-state index is 4.23. The summed E-state index contributed by atoms with van der Waals surface area (Å²) in [4.78, 5) is 8.42. The number of nitrogens with one attached hydrogen (secondary N) is 1. The highest BCUT2D eigenvalue weighted by atomic mass is 15.0. The van der Waals surface area contributed by atoms with Crippen molar-refractivity contribution in [2.24, 2.45) is 0 Å². The van der Waals surface area contributed by atoms with Gasteiger partial charge < -0.3 is 5.32 Å². The van der Waals surface area contributed by atoms with E-state index < -0.39 is 0 Å². The van der Waals surface area contributed by atoms with Crippen molar-refractivity contribution in [2.75, 3.05) is 11.9 Å². The molecule has 0 amide bonds. The zero-order valence-electron chi connectivity index (χ0n) is 8.76. The van der Waals surface area contributed by atoms with Crippen molar-refractivity contribution >= 4 is 5.82 Å².